The van der Waals surface area contributed by atoms with E-state index < -0.39 is 11.4 Å². The summed E-state index contributed by atoms with van der Waals surface area (Å²) in [4.78, 5) is 23.5. The second kappa shape index (κ2) is 5.41. The second-order valence-corrected chi connectivity index (χ2v) is 6.59. The zero-order valence-electron chi connectivity index (χ0n) is 12.1. The van der Waals surface area contributed by atoms with Gasteiger partial charge in [-0.3, -0.25) is 9.97 Å². The summed E-state index contributed by atoms with van der Waals surface area (Å²) in [5, 5.41) is 0.550. The van der Waals surface area contributed by atoms with Gasteiger partial charge >= 0.3 is 0 Å². The van der Waals surface area contributed by atoms with E-state index in [2.05, 4.69) is 19.9 Å². The predicted molar refractivity (Wildman–Crippen MR) is 85.5 cm³/mol. The molecule has 7 nitrogen and oxygen atoms in total. The molecule has 2 aliphatic rings. The summed E-state index contributed by atoms with van der Waals surface area (Å²) in [6.45, 7) is 1.26. The highest BCUT2D eigenvalue weighted by atomic mass is 32.2. The number of hydrogen-bond donors (Lipinski definition) is 1. The number of rotatable bonds is 2. The molecule has 0 aliphatic carbocycles. The molecule has 2 aromatic rings. The molecule has 0 spiro atoms. The van der Waals surface area contributed by atoms with Crippen LogP contribution in [0.2, 0.25) is 0 Å². The molecule has 2 aromatic heterocycles. The van der Waals surface area contributed by atoms with Gasteiger partial charge in [0.05, 0.1) is 30.8 Å². The molecule has 118 valence electrons. The van der Waals surface area contributed by atoms with Crippen LogP contribution in [0.5, 0.6) is 0 Å². The Morgan fingerprint density at radius 1 is 1.22 bits per heavy atom. The predicted octanol–water partition coefficient (Wildman–Crippen LogP) is 0.799. The fourth-order valence-electron chi connectivity index (χ4n) is 3.12. The summed E-state index contributed by atoms with van der Waals surface area (Å²) >= 11 is 1.54. The van der Waals surface area contributed by atoms with E-state index in [4.69, 9.17) is 10.7 Å². The Morgan fingerprint density at radius 2 is 2.04 bits per heavy atom. The average Bonchev–Trinajstić information content (AvgIpc) is 2.96. The van der Waals surface area contributed by atoms with Crippen molar-refractivity contribution in [3.8, 4) is 0 Å². The lowest BCUT2D eigenvalue weighted by Gasteiger charge is -2.33. The summed E-state index contributed by atoms with van der Waals surface area (Å²) in [5.41, 5.74) is 6.22. The van der Waals surface area contributed by atoms with Crippen molar-refractivity contribution in [2.24, 2.45) is 16.6 Å². The van der Waals surface area contributed by atoms with Crippen LogP contribution in [-0.2, 0) is 5.54 Å². The molecule has 0 unspecified atom stereocenters. The topological polar surface area (TPSA) is 93.2 Å². The van der Waals surface area contributed by atoms with E-state index in [1.807, 2.05) is 4.90 Å². The van der Waals surface area contributed by atoms with Crippen LogP contribution in [0.25, 0.3) is 0 Å². The maximum Gasteiger partial charge on any atom is 0.225 e. The largest absolute Gasteiger partial charge is 0.379 e. The van der Waals surface area contributed by atoms with Gasteiger partial charge in [-0.1, -0.05) is 11.8 Å². The van der Waals surface area contributed by atoms with Gasteiger partial charge in [0, 0.05) is 30.6 Å². The molecule has 0 aromatic carbocycles. The summed E-state index contributed by atoms with van der Waals surface area (Å²) in [5.74, 6) is 1.09. The molecule has 23 heavy (non-hydrogen) atoms. The van der Waals surface area contributed by atoms with Crippen LogP contribution in [0.15, 0.2) is 36.0 Å². The zero-order valence-corrected chi connectivity index (χ0v) is 12.9. The first kappa shape index (κ1) is 14.3. The average molecular weight is 331 g/mol. The van der Waals surface area contributed by atoms with Crippen molar-refractivity contribution in [3.05, 3.63) is 42.5 Å². The van der Waals surface area contributed by atoms with Gasteiger partial charge in [-0.15, -0.1) is 0 Å². The van der Waals surface area contributed by atoms with Crippen LogP contribution in [0.4, 0.5) is 10.3 Å². The third-order valence-electron chi connectivity index (χ3n) is 4.19. The first-order chi connectivity index (χ1) is 11.2. The maximum absolute atomic E-state index is 13.1. The number of nitrogens with two attached hydrogens (primary N) is 1. The van der Waals surface area contributed by atoms with E-state index in [9.17, 15) is 4.39 Å². The Balaban J connectivity index is 1.75. The van der Waals surface area contributed by atoms with E-state index in [0.29, 0.717) is 24.2 Å². The van der Waals surface area contributed by atoms with Gasteiger partial charge in [0.15, 0.2) is 11.0 Å². The highest BCUT2D eigenvalue weighted by Crippen LogP contribution is 2.44. The van der Waals surface area contributed by atoms with Crippen LogP contribution in [0.1, 0.15) is 5.69 Å². The molecule has 2 atom stereocenters. The van der Waals surface area contributed by atoms with Crippen molar-refractivity contribution in [1.29, 1.82) is 0 Å². The van der Waals surface area contributed by atoms with Crippen molar-refractivity contribution in [1.82, 2.24) is 19.9 Å². The Morgan fingerprint density at radius 3 is 2.78 bits per heavy atom. The fraction of sp³-hybridized carbons (Fsp3) is 0.357. The molecule has 4 rings (SSSR count). The van der Waals surface area contributed by atoms with Gasteiger partial charge in [0.1, 0.15) is 5.54 Å². The van der Waals surface area contributed by atoms with Crippen LogP contribution in [0, 0.1) is 11.7 Å². The quantitative estimate of drug-likeness (QED) is 0.870. The molecule has 9 heteroatoms. The number of thioether (sulfide) groups is 1. The van der Waals surface area contributed by atoms with Crippen molar-refractivity contribution >= 4 is 22.9 Å². The number of hydrogen-bond acceptors (Lipinski definition) is 8. The molecule has 0 saturated carbocycles. The first-order valence-electron chi connectivity index (χ1n) is 7.14. The van der Waals surface area contributed by atoms with E-state index in [1.54, 1.807) is 18.6 Å². The van der Waals surface area contributed by atoms with Crippen LogP contribution < -0.4 is 10.6 Å². The number of amidine groups is 1. The van der Waals surface area contributed by atoms with Crippen LogP contribution >= 0.6 is 11.8 Å². The molecule has 1 fully saturated rings. The highest BCUT2D eigenvalue weighted by molar-refractivity contribution is 8.13. The van der Waals surface area contributed by atoms with Gasteiger partial charge in [0.25, 0.3) is 0 Å². The number of nitrogens with zero attached hydrogens (tertiary/aromatic N) is 6. The van der Waals surface area contributed by atoms with Crippen molar-refractivity contribution in [2.75, 3.05) is 23.7 Å². The smallest absolute Gasteiger partial charge is 0.225 e. The van der Waals surface area contributed by atoms with Gasteiger partial charge in [-0.05, 0) is 0 Å². The summed E-state index contributed by atoms with van der Waals surface area (Å²) in [6, 6.07) is 0. The Bertz CT molecular complexity index is 739. The fourth-order valence-corrected chi connectivity index (χ4v) is 4.11. The lowest BCUT2D eigenvalue weighted by atomic mass is 9.86. The second-order valence-electron chi connectivity index (χ2n) is 5.55. The van der Waals surface area contributed by atoms with Crippen molar-refractivity contribution in [3.63, 3.8) is 0 Å². The zero-order chi connectivity index (χ0) is 15.9. The molecule has 2 aliphatic heterocycles. The van der Waals surface area contributed by atoms with Gasteiger partial charge in [-0.2, -0.15) is 0 Å². The molecule has 4 heterocycles. The van der Waals surface area contributed by atoms with Gasteiger partial charge < -0.3 is 10.6 Å². The molecular formula is C14H14FN7S. The monoisotopic (exact) mass is 331 g/mol. The molecule has 2 N–H and O–H groups in total. The number of anilines is 1. The van der Waals surface area contributed by atoms with Gasteiger partial charge in [-0.25, -0.2) is 19.4 Å². The van der Waals surface area contributed by atoms with E-state index >= 15 is 0 Å². The molecule has 1 saturated heterocycles. The van der Waals surface area contributed by atoms with Crippen molar-refractivity contribution < 1.29 is 4.39 Å². The van der Waals surface area contributed by atoms with Gasteiger partial charge in [0.2, 0.25) is 5.95 Å². The van der Waals surface area contributed by atoms with Crippen LogP contribution in [-0.4, -0.2) is 43.9 Å². The summed E-state index contributed by atoms with van der Waals surface area (Å²) in [7, 11) is 0. The standard InChI is InChI=1S/C14H14FN7S/c15-10-3-19-13(20-4-10)22-6-9-7-23-12(16)21-14(9,8-22)11-5-17-1-2-18-11/h1-5,9H,6-8H2,(H2,16,21)/t9-,14-/m0/s1. The molecular weight excluding hydrogens is 317 g/mol. The lowest BCUT2D eigenvalue weighted by molar-refractivity contribution is 0.375. The van der Waals surface area contributed by atoms with E-state index in [1.165, 1.54) is 24.2 Å². The summed E-state index contributed by atoms with van der Waals surface area (Å²) < 4.78 is 13.1. The maximum atomic E-state index is 13.1. The summed E-state index contributed by atoms with van der Waals surface area (Å²) in [6.07, 6.45) is 7.37. The number of aromatic nitrogens is 4. The molecule has 0 bridgehead atoms. The minimum absolute atomic E-state index is 0.213. The normalized spacial score (nSPS) is 26.7. The SMILES string of the molecule is NC1=N[C@@]2(c3cnccn3)CN(c3ncc(F)cn3)C[C@H]2CS1. The number of halogens is 1. The van der Waals surface area contributed by atoms with E-state index in [-0.39, 0.29) is 5.92 Å². The number of fused-ring (bicyclic) bond motifs is 1. The third-order valence-corrected chi connectivity index (χ3v) is 5.14. The highest BCUT2D eigenvalue weighted by Gasteiger charge is 2.51. The first-order valence-corrected chi connectivity index (χ1v) is 8.13. The van der Waals surface area contributed by atoms with Crippen molar-refractivity contribution in [2.45, 2.75) is 5.54 Å². The minimum Gasteiger partial charge on any atom is -0.379 e. The minimum atomic E-state index is -0.554. The Hall–Kier alpha value is -2.29. The Kier molecular flexibility index (Phi) is 3.37. The number of aliphatic imine (C=N–C) groups is 1. The van der Waals surface area contributed by atoms with Crippen LogP contribution in [0.3, 0.4) is 0 Å². The lowest BCUT2D eigenvalue weighted by Crippen LogP contribution is -2.40. The van der Waals surface area contributed by atoms with E-state index in [0.717, 1.165) is 11.4 Å². The molecule has 0 radical (unpaired) electrons. The third kappa shape index (κ3) is 2.40. The molecule has 0 amide bonds. The Labute approximate surface area is 136 Å².